The van der Waals surface area contributed by atoms with Crippen LogP contribution in [0.3, 0.4) is 0 Å². The van der Waals surface area contributed by atoms with Gasteiger partial charge in [0.15, 0.2) is 0 Å². The minimum atomic E-state index is -0.711. The fourth-order valence-corrected chi connectivity index (χ4v) is 5.22. The van der Waals surface area contributed by atoms with E-state index >= 15 is 0 Å². The third-order valence-corrected chi connectivity index (χ3v) is 7.19. The van der Waals surface area contributed by atoms with Gasteiger partial charge in [-0.05, 0) is 55.1 Å². The summed E-state index contributed by atoms with van der Waals surface area (Å²) in [7, 11) is 0. The predicted molar refractivity (Wildman–Crippen MR) is 124 cm³/mol. The highest BCUT2D eigenvalue weighted by atomic mass is 16.5. The minimum Gasteiger partial charge on any atom is -0.488 e. The number of nitrogens with one attached hydrogen (secondary N) is 1. The quantitative estimate of drug-likeness (QED) is 0.621. The van der Waals surface area contributed by atoms with Crippen molar-refractivity contribution in [1.82, 2.24) is 10.3 Å². The molecule has 6 heteroatoms. The molecular weight excluding hydrogens is 404 g/mol. The van der Waals surface area contributed by atoms with Crippen LogP contribution in [0.15, 0.2) is 46.6 Å². The molecule has 3 aliphatic rings. The van der Waals surface area contributed by atoms with Gasteiger partial charge >= 0.3 is 5.97 Å². The number of oxazole rings is 1. The van der Waals surface area contributed by atoms with Crippen LogP contribution in [0.4, 0.5) is 0 Å². The third-order valence-electron chi connectivity index (χ3n) is 7.19. The monoisotopic (exact) mass is 438 g/mol. The number of ether oxygens (including phenoxy) is 1. The van der Waals surface area contributed by atoms with E-state index in [0.717, 1.165) is 48.6 Å². The van der Waals surface area contributed by atoms with Crippen LogP contribution in [0.2, 0.25) is 0 Å². The molecule has 0 radical (unpaired) electrons. The molecule has 0 bridgehead atoms. The normalized spacial score (nSPS) is 32.0. The highest BCUT2D eigenvalue weighted by Gasteiger charge is 2.46. The summed E-state index contributed by atoms with van der Waals surface area (Å²) in [5, 5.41) is 12.9. The Morgan fingerprint density at radius 2 is 2.22 bits per heavy atom. The van der Waals surface area contributed by atoms with E-state index in [4.69, 9.17) is 14.1 Å². The molecule has 32 heavy (non-hydrogen) atoms. The fourth-order valence-electron chi connectivity index (χ4n) is 5.22. The number of carbonyl (C=O) groups is 1. The Bertz CT molecular complexity index is 1000. The van der Waals surface area contributed by atoms with Crippen LogP contribution in [0, 0.1) is 29.6 Å². The van der Waals surface area contributed by atoms with Gasteiger partial charge in [-0.15, -0.1) is 0 Å². The Morgan fingerprint density at radius 1 is 1.41 bits per heavy atom. The summed E-state index contributed by atoms with van der Waals surface area (Å²) in [4.78, 5) is 16.4. The standard InChI is InChI=1S/C26H34N2O4/c1-17-7-5-6-8-20(17)23-28-22(18(2)32-23)14-31-19-9-11-25(3,12-10-19)15-26(4)16-27-13-21(26)24(29)30/h5-6,8-11,17,21,27H,7,12-16H2,1-4H3,(H,29,30)/t17?,21-,25?,26?/m1/s1. The topological polar surface area (TPSA) is 84.6 Å². The summed E-state index contributed by atoms with van der Waals surface area (Å²) in [6.07, 6.45) is 15.2. The van der Waals surface area contributed by atoms with Crippen molar-refractivity contribution in [1.29, 1.82) is 0 Å². The average Bonchev–Trinajstić information content (AvgIpc) is 3.30. The zero-order valence-corrected chi connectivity index (χ0v) is 19.5. The second-order valence-corrected chi connectivity index (χ2v) is 10.1. The van der Waals surface area contributed by atoms with E-state index in [9.17, 15) is 9.90 Å². The predicted octanol–water partition coefficient (Wildman–Crippen LogP) is 5.03. The van der Waals surface area contributed by atoms with E-state index in [2.05, 4.69) is 56.5 Å². The first-order chi connectivity index (χ1) is 15.2. The Kier molecular flexibility index (Phi) is 6.17. The van der Waals surface area contributed by atoms with E-state index in [1.54, 1.807) is 0 Å². The zero-order valence-electron chi connectivity index (χ0n) is 19.5. The minimum absolute atomic E-state index is 0.0879. The lowest BCUT2D eigenvalue weighted by molar-refractivity contribution is -0.144. The van der Waals surface area contributed by atoms with E-state index in [0.29, 0.717) is 25.0 Å². The van der Waals surface area contributed by atoms with Crippen molar-refractivity contribution >= 4 is 11.5 Å². The maximum Gasteiger partial charge on any atom is 0.308 e. The molecule has 0 saturated carbocycles. The molecule has 0 aromatic carbocycles. The van der Waals surface area contributed by atoms with Crippen LogP contribution in [0.25, 0.3) is 5.57 Å². The number of aromatic nitrogens is 1. The summed E-state index contributed by atoms with van der Waals surface area (Å²) in [5.74, 6) is 1.63. The van der Waals surface area contributed by atoms with Gasteiger partial charge in [-0.1, -0.05) is 45.1 Å². The van der Waals surface area contributed by atoms with Crippen molar-refractivity contribution in [3.8, 4) is 0 Å². The van der Waals surface area contributed by atoms with Crippen molar-refractivity contribution in [2.24, 2.45) is 22.7 Å². The zero-order chi connectivity index (χ0) is 22.9. The lowest BCUT2D eigenvalue weighted by Crippen LogP contribution is -2.37. The molecule has 0 spiro atoms. The second kappa shape index (κ2) is 8.74. The highest BCUT2D eigenvalue weighted by Crippen LogP contribution is 2.46. The van der Waals surface area contributed by atoms with Gasteiger partial charge in [0, 0.05) is 18.7 Å². The summed E-state index contributed by atoms with van der Waals surface area (Å²) >= 11 is 0. The molecule has 3 unspecified atom stereocenters. The first-order valence-electron chi connectivity index (χ1n) is 11.5. The summed E-state index contributed by atoms with van der Waals surface area (Å²) in [5.41, 5.74) is 1.60. The van der Waals surface area contributed by atoms with Gasteiger partial charge in [0.1, 0.15) is 23.8 Å². The number of hydrogen-bond donors (Lipinski definition) is 2. The number of carboxylic acids is 1. The summed E-state index contributed by atoms with van der Waals surface area (Å²) < 4.78 is 12.0. The molecule has 1 aromatic rings. The van der Waals surface area contributed by atoms with Gasteiger partial charge in [0.05, 0.1) is 5.92 Å². The molecule has 1 fully saturated rings. The second-order valence-electron chi connectivity index (χ2n) is 10.1. The van der Waals surface area contributed by atoms with Crippen molar-refractivity contribution in [2.75, 3.05) is 13.1 Å². The molecule has 4 atom stereocenters. The van der Waals surface area contributed by atoms with E-state index in [1.807, 2.05) is 13.0 Å². The number of rotatable bonds is 7. The average molecular weight is 439 g/mol. The lowest BCUT2D eigenvalue weighted by atomic mass is 9.66. The smallest absolute Gasteiger partial charge is 0.308 e. The summed E-state index contributed by atoms with van der Waals surface area (Å²) in [6, 6.07) is 0. The van der Waals surface area contributed by atoms with E-state index in [-0.39, 0.29) is 16.7 Å². The van der Waals surface area contributed by atoms with Gasteiger partial charge in [0.25, 0.3) is 0 Å². The number of nitrogens with zero attached hydrogens (tertiary/aromatic N) is 1. The van der Waals surface area contributed by atoms with Crippen molar-refractivity contribution in [2.45, 2.75) is 53.6 Å². The molecule has 6 nitrogen and oxygen atoms in total. The van der Waals surface area contributed by atoms with Crippen LogP contribution < -0.4 is 5.32 Å². The fraction of sp³-hybridized carbons (Fsp3) is 0.538. The summed E-state index contributed by atoms with van der Waals surface area (Å²) in [6.45, 7) is 10.0. The first-order valence-corrected chi connectivity index (χ1v) is 11.5. The van der Waals surface area contributed by atoms with Crippen LogP contribution in [0.1, 0.15) is 57.4 Å². The van der Waals surface area contributed by atoms with Gasteiger partial charge in [0.2, 0.25) is 5.89 Å². The molecule has 1 saturated heterocycles. The van der Waals surface area contributed by atoms with Crippen LogP contribution in [0.5, 0.6) is 0 Å². The SMILES string of the molecule is Cc1oc(C2=CC=CCC2C)nc1COC1=CCC(C)(CC2(C)CNC[C@@H]2C(=O)O)C=C1. The number of aryl methyl sites for hydroxylation is 1. The maximum atomic E-state index is 11.7. The number of carboxylic acid groups (broad SMARTS) is 1. The molecule has 4 rings (SSSR count). The van der Waals surface area contributed by atoms with Gasteiger partial charge in [-0.2, -0.15) is 0 Å². The van der Waals surface area contributed by atoms with Gasteiger partial charge in [-0.25, -0.2) is 4.98 Å². The van der Waals surface area contributed by atoms with Crippen LogP contribution in [-0.2, 0) is 16.1 Å². The Labute approximate surface area is 190 Å². The number of allylic oxidation sites excluding steroid dienone is 7. The Hall–Kier alpha value is -2.60. The first kappa shape index (κ1) is 22.6. The molecule has 1 aliphatic heterocycles. The maximum absolute atomic E-state index is 11.7. The molecular formula is C26H34N2O4. The molecule has 1 aromatic heterocycles. The molecule has 2 heterocycles. The van der Waals surface area contributed by atoms with Crippen LogP contribution in [-0.4, -0.2) is 29.1 Å². The number of hydrogen-bond acceptors (Lipinski definition) is 5. The van der Waals surface area contributed by atoms with Gasteiger partial charge < -0.3 is 19.6 Å². The molecule has 172 valence electrons. The van der Waals surface area contributed by atoms with Crippen molar-refractivity contribution in [3.63, 3.8) is 0 Å². The lowest BCUT2D eigenvalue weighted by Gasteiger charge is -2.38. The Balaban J connectivity index is 1.37. The van der Waals surface area contributed by atoms with E-state index < -0.39 is 5.97 Å². The van der Waals surface area contributed by atoms with Crippen LogP contribution >= 0.6 is 0 Å². The largest absolute Gasteiger partial charge is 0.488 e. The third kappa shape index (κ3) is 4.60. The van der Waals surface area contributed by atoms with Crippen molar-refractivity contribution in [3.05, 3.63) is 59.6 Å². The highest BCUT2D eigenvalue weighted by molar-refractivity contribution is 5.72. The molecule has 0 amide bonds. The van der Waals surface area contributed by atoms with Crippen molar-refractivity contribution < 1.29 is 19.1 Å². The molecule has 2 N–H and O–H groups in total. The van der Waals surface area contributed by atoms with E-state index in [1.165, 1.54) is 0 Å². The number of aliphatic carboxylic acids is 1. The Morgan fingerprint density at radius 3 is 2.91 bits per heavy atom. The van der Waals surface area contributed by atoms with Gasteiger partial charge in [-0.3, -0.25) is 4.79 Å². The molecule has 2 aliphatic carbocycles.